The van der Waals surface area contributed by atoms with Crippen LogP contribution in [-0.4, -0.2) is 13.8 Å². The van der Waals surface area contributed by atoms with Crippen molar-refractivity contribution in [1.29, 1.82) is 0 Å². The molecule has 1 N–H and O–H groups in total. The van der Waals surface area contributed by atoms with E-state index in [9.17, 15) is 14.3 Å². The minimum absolute atomic E-state index is 0.0555. The topological polar surface area (TPSA) is 92.9 Å². The summed E-state index contributed by atoms with van der Waals surface area (Å²) in [6.45, 7) is 0. The van der Waals surface area contributed by atoms with E-state index in [-0.39, 0.29) is 10.9 Å². The normalized spacial score (nSPS) is 12.1. The number of nitro groups is 1. The Kier molecular flexibility index (Phi) is 3.51. The summed E-state index contributed by atoms with van der Waals surface area (Å²) in [7, 11) is 0. The van der Waals surface area contributed by atoms with E-state index in [0.29, 0.717) is 0 Å². The molecule has 14 heavy (non-hydrogen) atoms. The van der Waals surface area contributed by atoms with Crippen molar-refractivity contribution in [3.05, 3.63) is 40.4 Å². The van der Waals surface area contributed by atoms with Gasteiger partial charge in [-0.2, -0.15) is 4.21 Å². The van der Waals surface area contributed by atoms with Gasteiger partial charge in [-0.3, -0.25) is 4.55 Å². The molecule has 7 nitrogen and oxygen atoms in total. The van der Waals surface area contributed by atoms with Crippen LogP contribution in [0.25, 0.3) is 0 Å². The molecule has 0 bridgehead atoms. The van der Waals surface area contributed by atoms with Gasteiger partial charge in [0.2, 0.25) is 0 Å². The highest BCUT2D eigenvalue weighted by Crippen LogP contribution is 2.13. The molecule has 0 saturated heterocycles. The maximum atomic E-state index is 10.4. The molecule has 1 aromatic carbocycles. The summed E-state index contributed by atoms with van der Waals surface area (Å²) in [6, 6.07) is 7.47. The predicted octanol–water partition coefficient (Wildman–Crippen LogP) is 0.753. The molecule has 1 unspecified atom stereocenters. The van der Waals surface area contributed by atoms with Crippen LogP contribution in [0, 0.1) is 10.1 Å². The molecule has 1 atom stereocenters. The maximum Gasteiger partial charge on any atom is 0.329 e. The van der Waals surface area contributed by atoms with Crippen LogP contribution in [0.15, 0.2) is 30.3 Å². The van der Waals surface area contributed by atoms with Gasteiger partial charge in [0.1, 0.15) is 5.69 Å². The SMILES string of the molecule is O=[N+]([O-])N(OS(=O)O)c1ccccc1. The molecule has 0 aromatic heterocycles. The largest absolute Gasteiger partial charge is 0.329 e. The Morgan fingerprint density at radius 1 is 1.43 bits per heavy atom. The van der Waals surface area contributed by atoms with E-state index in [4.69, 9.17) is 4.55 Å². The van der Waals surface area contributed by atoms with Crippen LogP contribution in [0.4, 0.5) is 5.69 Å². The Morgan fingerprint density at radius 2 is 2.00 bits per heavy atom. The number of para-hydroxylation sites is 1. The van der Waals surface area contributed by atoms with Gasteiger partial charge in [0, 0.05) is 0 Å². The molecule has 0 aliphatic heterocycles. The second kappa shape index (κ2) is 4.65. The highest BCUT2D eigenvalue weighted by molar-refractivity contribution is 7.74. The Morgan fingerprint density at radius 3 is 2.43 bits per heavy atom. The van der Waals surface area contributed by atoms with Gasteiger partial charge in [-0.1, -0.05) is 22.5 Å². The molecule has 0 aliphatic carbocycles. The Hall–Kier alpha value is -1.51. The molecule has 1 rings (SSSR count). The van der Waals surface area contributed by atoms with Crippen molar-refractivity contribution >= 4 is 17.0 Å². The molecule has 0 spiro atoms. The summed E-state index contributed by atoms with van der Waals surface area (Å²) < 4.78 is 22.6. The third-order valence-electron chi connectivity index (χ3n) is 1.26. The zero-order chi connectivity index (χ0) is 10.6. The van der Waals surface area contributed by atoms with Crippen molar-refractivity contribution in [3.63, 3.8) is 0 Å². The molecule has 0 amide bonds. The van der Waals surface area contributed by atoms with E-state index in [0.717, 1.165) is 0 Å². The fourth-order valence-electron chi connectivity index (χ4n) is 0.780. The molecule has 1 aromatic rings. The number of hydrogen-bond donors (Lipinski definition) is 1. The molecule has 8 heteroatoms. The van der Waals surface area contributed by atoms with Crippen molar-refractivity contribution in [1.82, 2.24) is 0 Å². The number of hydrazine groups is 1. The van der Waals surface area contributed by atoms with Gasteiger partial charge >= 0.3 is 11.4 Å². The predicted molar refractivity (Wildman–Crippen MR) is 47.8 cm³/mol. The van der Waals surface area contributed by atoms with Crippen molar-refractivity contribution < 1.29 is 18.1 Å². The zero-order valence-electron chi connectivity index (χ0n) is 6.77. The van der Waals surface area contributed by atoms with Crippen molar-refractivity contribution in [2.24, 2.45) is 0 Å². The average Bonchev–Trinajstić information content (AvgIpc) is 2.15. The van der Waals surface area contributed by atoms with Crippen LogP contribution >= 0.6 is 0 Å². The number of hydrogen-bond acceptors (Lipinski definition) is 4. The number of nitrogens with zero attached hydrogens (tertiary/aromatic N) is 2. The maximum absolute atomic E-state index is 10.4. The quantitative estimate of drug-likeness (QED) is 0.455. The summed E-state index contributed by atoms with van der Waals surface area (Å²) >= 11 is -2.73. The lowest BCUT2D eigenvalue weighted by Gasteiger charge is -2.08. The van der Waals surface area contributed by atoms with Gasteiger partial charge in [0.15, 0.2) is 5.03 Å². The van der Waals surface area contributed by atoms with Crippen LogP contribution in [0.3, 0.4) is 0 Å². The summed E-state index contributed by atoms with van der Waals surface area (Å²) in [5, 5.41) is 9.58. The summed E-state index contributed by atoms with van der Waals surface area (Å²) in [5.74, 6) is 0. The lowest BCUT2D eigenvalue weighted by molar-refractivity contribution is -0.534. The van der Waals surface area contributed by atoms with Gasteiger partial charge in [0.25, 0.3) is 0 Å². The molecule has 0 aliphatic rings. The Balaban J connectivity index is 2.89. The minimum atomic E-state index is -2.73. The lowest BCUT2D eigenvalue weighted by Crippen LogP contribution is -2.30. The molecular weight excluding hydrogens is 212 g/mol. The summed E-state index contributed by atoms with van der Waals surface area (Å²) in [5.41, 5.74) is 0.0555. The van der Waals surface area contributed by atoms with Crippen LogP contribution in [0.2, 0.25) is 0 Å². The standard InChI is InChI=1S/C6H6N2O5S/c9-8(10)7(13-14(11)12)6-4-2-1-3-5-6/h1-5H,(H,11,12). The zero-order valence-corrected chi connectivity index (χ0v) is 7.59. The molecule has 0 heterocycles. The minimum Gasteiger partial charge on any atom is -0.282 e. The van der Waals surface area contributed by atoms with E-state index in [1.54, 1.807) is 6.07 Å². The van der Waals surface area contributed by atoms with Crippen molar-refractivity contribution in [2.45, 2.75) is 0 Å². The highest BCUT2D eigenvalue weighted by Gasteiger charge is 2.21. The first-order valence-electron chi connectivity index (χ1n) is 3.40. The van der Waals surface area contributed by atoms with Crippen LogP contribution < -0.4 is 5.17 Å². The van der Waals surface area contributed by atoms with Gasteiger partial charge in [-0.15, -0.1) is 0 Å². The van der Waals surface area contributed by atoms with E-state index < -0.39 is 16.4 Å². The number of benzene rings is 1. The van der Waals surface area contributed by atoms with E-state index in [2.05, 4.69) is 4.28 Å². The second-order valence-electron chi connectivity index (χ2n) is 2.14. The molecule has 0 fully saturated rings. The molecule has 76 valence electrons. The van der Waals surface area contributed by atoms with Gasteiger partial charge in [-0.25, -0.2) is 10.1 Å². The van der Waals surface area contributed by atoms with Crippen LogP contribution in [-0.2, 0) is 15.6 Å². The smallest absolute Gasteiger partial charge is 0.282 e. The number of rotatable bonds is 4. The fourth-order valence-corrected chi connectivity index (χ4v) is 1.04. The van der Waals surface area contributed by atoms with Crippen LogP contribution in [0.5, 0.6) is 0 Å². The number of anilines is 1. The Labute approximate surface area is 81.5 Å². The second-order valence-corrected chi connectivity index (χ2v) is 2.72. The summed E-state index contributed by atoms with van der Waals surface area (Å²) in [6.07, 6.45) is 0. The monoisotopic (exact) mass is 218 g/mol. The first-order valence-corrected chi connectivity index (χ1v) is 4.43. The first-order chi connectivity index (χ1) is 6.61. The molecule has 0 radical (unpaired) electrons. The lowest BCUT2D eigenvalue weighted by atomic mass is 10.3. The third kappa shape index (κ3) is 2.76. The van der Waals surface area contributed by atoms with E-state index in [1.807, 2.05) is 0 Å². The van der Waals surface area contributed by atoms with Gasteiger partial charge < -0.3 is 0 Å². The van der Waals surface area contributed by atoms with Gasteiger partial charge in [-0.05, 0) is 12.1 Å². The average molecular weight is 218 g/mol. The molecular formula is C6H6N2O5S. The summed E-state index contributed by atoms with van der Waals surface area (Å²) in [4.78, 5) is 10.4. The Bertz CT molecular complexity index is 343. The van der Waals surface area contributed by atoms with E-state index in [1.165, 1.54) is 24.3 Å². The first kappa shape index (κ1) is 10.6. The van der Waals surface area contributed by atoms with Crippen molar-refractivity contribution in [2.75, 3.05) is 5.17 Å². The highest BCUT2D eigenvalue weighted by atomic mass is 32.2. The third-order valence-corrected chi connectivity index (χ3v) is 1.53. The van der Waals surface area contributed by atoms with Crippen LogP contribution in [0.1, 0.15) is 0 Å². The fraction of sp³-hybridized carbons (Fsp3) is 0. The van der Waals surface area contributed by atoms with Gasteiger partial charge in [0.05, 0.1) is 5.17 Å². The van der Waals surface area contributed by atoms with Crippen molar-refractivity contribution in [3.8, 4) is 0 Å². The van der Waals surface area contributed by atoms with E-state index >= 15 is 0 Å². The molecule has 0 saturated carbocycles.